The molecule has 1 N–H and O–H groups in total. The second kappa shape index (κ2) is 10.0. The van der Waals surface area contributed by atoms with Gasteiger partial charge in [-0.1, -0.05) is 43.8 Å². The highest BCUT2D eigenvalue weighted by Gasteiger charge is 2.28. The van der Waals surface area contributed by atoms with Crippen molar-refractivity contribution in [2.45, 2.75) is 49.7 Å². The summed E-state index contributed by atoms with van der Waals surface area (Å²) in [5.41, 5.74) is 0.373. The molecule has 8 heteroatoms. The molecule has 1 aromatic heterocycles. The summed E-state index contributed by atoms with van der Waals surface area (Å²) in [6, 6.07) is 6.45. The van der Waals surface area contributed by atoms with Gasteiger partial charge >= 0.3 is 0 Å². The molecular formula is C21H27FN4O2S. The molecule has 0 saturated carbocycles. The van der Waals surface area contributed by atoms with Crippen molar-refractivity contribution in [2.24, 2.45) is 5.92 Å². The molecule has 156 valence electrons. The van der Waals surface area contributed by atoms with Gasteiger partial charge < -0.3 is 10.1 Å². The number of halogens is 1. The average molecular weight is 419 g/mol. The van der Waals surface area contributed by atoms with E-state index in [1.165, 1.54) is 17.8 Å². The summed E-state index contributed by atoms with van der Waals surface area (Å²) in [5, 5.41) is 11.7. The lowest BCUT2D eigenvalue weighted by Gasteiger charge is -2.21. The quantitative estimate of drug-likeness (QED) is 0.497. The van der Waals surface area contributed by atoms with Gasteiger partial charge in [0.05, 0.1) is 16.9 Å². The zero-order chi connectivity index (χ0) is 20.8. The second-order valence-corrected chi connectivity index (χ2v) is 8.46. The normalized spacial score (nSPS) is 17.4. The Balaban J connectivity index is 1.79. The zero-order valence-electron chi connectivity index (χ0n) is 16.8. The van der Waals surface area contributed by atoms with Gasteiger partial charge in [0.15, 0.2) is 11.0 Å². The van der Waals surface area contributed by atoms with E-state index in [9.17, 15) is 9.18 Å². The summed E-state index contributed by atoms with van der Waals surface area (Å²) in [5.74, 6) is 0.0839. The molecule has 1 amide bonds. The molecule has 29 heavy (non-hydrogen) atoms. The summed E-state index contributed by atoms with van der Waals surface area (Å²) in [4.78, 5) is 12.8. The molecule has 0 aliphatic carbocycles. The highest BCUT2D eigenvalue weighted by atomic mass is 32.2. The van der Waals surface area contributed by atoms with Crippen LogP contribution in [0.3, 0.4) is 0 Å². The number of thioether (sulfide) groups is 1. The van der Waals surface area contributed by atoms with Crippen LogP contribution in [0.5, 0.6) is 0 Å². The SMILES string of the molecule is C=CCn1c(SC(C(=O)NCC2CCCO2)C(C)C)nnc1-c1ccccc1F. The van der Waals surface area contributed by atoms with Crippen molar-refractivity contribution >= 4 is 17.7 Å². The lowest BCUT2D eigenvalue weighted by atomic mass is 10.1. The fourth-order valence-electron chi connectivity index (χ4n) is 3.24. The van der Waals surface area contributed by atoms with Crippen LogP contribution in [-0.2, 0) is 16.1 Å². The smallest absolute Gasteiger partial charge is 0.233 e. The number of amides is 1. The molecule has 1 aliphatic heterocycles. The van der Waals surface area contributed by atoms with Crippen LogP contribution in [0.4, 0.5) is 4.39 Å². The minimum Gasteiger partial charge on any atom is -0.376 e. The summed E-state index contributed by atoms with van der Waals surface area (Å²) in [6.07, 6.45) is 3.81. The first-order valence-corrected chi connectivity index (χ1v) is 10.7. The monoisotopic (exact) mass is 418 g/mol. The lowest BCUT2D eigenvalue weighted by molar-refractivity contribution is -0.121. The van der Waals surface area contributed by atoms with Gasteiger partial charge in [-0.25, -0.2) is 4.39 Å². The number of allylic oxidation sites excluding steroid dienone is 1. The van der Waals surface area contributed by atoms with Crippen LogP contribution in [0.25, 0.3) is 11.4 Å². The first-order chi connectivity index (χ1) is 14.0. The Morgan fingerprint density at radius 3 is 2.90 bits per heavy atom. The minimum absolute atomic E-state index is 0.0545. The molecular weight excluding hydrogens is 391 g/mol. The standard InChI is InChI=1S/C21H27FN4O2S/c1-4-11-26-19(16-9-5-6-10-17(16)22)24-25-21(26)29-18(14(2)3)20(27)23-13-15-8-7-12-28-15/h4-6,9-10,14-15,18H,1,7-8,11-13H2,2-3H3,(H,23,27). The van der Waals surface area contributed by atoms with E-state index >= 15 is 0 Å². The number of hydrogen-bond donors (Lipinski definition) is 1. The van der Waals surface area contributed by atoms with Crippen LogP contribution in [0.15, 0.2) is 42.1 Å². The van der Waals surface area contributed by atoms with Gasteiger partial charge in [-0.3, -0.25) is 9.36 Å². The number of benzene rings is 1. The van der Waals surface area contributed by atoms with Crippen LogP contribution in [0.2, 0.25) is 0 Å². The van der Waals surface area contributed by atoms with E-state index in [2.05, 4.69) is 22.1 Å². The summed E-state index contributed by atoms with van der Waals surface area (Å²) in [7, 11) is 0. The van der Waals surface area contributed by atoms with E-state index in [4.69, 9.17) is 4.74 Å². The number of carbonyl (C=O) groups excluding carboxylic acids is 1. The fraction of sp³-hybridized carbons (Fsp3) is 0.476. The van der Waals surface area contributed by atoms with Crippen LogP contribution in [0.1, 0.15) is 26.7 Å². The van der Waals surface area contributed by atoms with Crippen LogP contribution >= 0.6 is 11.8 Å². The number of aromatic nitrogens is 3. The number of ether oxygens (including phenoxy) is 1. The van der Waals surface area contributed by atoms with Crippen LogP contribution in [-0.4, -0.2) is 45.2 Å². The van der Waals surface area contributed by atoms with Crippen molar-refractivity contribution in [1.82, 2.24) is 20.1 Å². The second-order valence-electron chi connectivity index (χ2n) is 7.35. The average Bonchev–Trinajstić information content (AvgIpc) is 3.35. The number of nitrogens with one attached hydrogen (secondary N) is 1. The van der Waals surface area contributed by atoms with E-state index < -0.39 is 0 Å². The van der Waals surface area contributed by atoms with Crippen molar-refractivity contribution in [3.63, 3.8) is 0 Å². The number of hydrogen-bond acceptors (Lipinski definition) is 5. The molecule has 1 fully saturated rings. The van der Waals surface area contributed by atoms with E-state index in [1.807, 2.05) is 13.8 Å². The predicted octanol–water partition coefficient (Wildman–Crippen LogP) is 3.68. The highest BCUT2D eigenvalue weighted by Crippen LogP contribution is 2.31. The largest absolute Gasteiger partial charge is 0.376 e. The maximum atomic E-state index is 14.3. The molecule has 0 bridgehead atoms. The van der Waals surface area contributed by atoms with E-state index in [0.29, 0.717) is 29.6 Å². The summed E-state index contributed by atoms with van der Waals surface area (Å²) in [6.45, 7) is 9.47. The highest BCUT2D eigenvalue weighted by molar-refractivity contribution is 8.00. The molecule has 0 spiro atoms. The van der Waals surface area contributed by atoms with Gasteiger partial charge in [0, 0.05) is 19.7 Å². The van der Waals surface area contributed by atoms with Crippen LogP contribution in [0, 0.1) is 11.7 Å². The Morgan fingerprint density at radius 1 is 1.45 bits per heavy atom. The molecule has 3 rings (SSSR count). The van der Waals surface area contributed by atoms with Gasteiger partial charge in [0.1, 0.15) is 5.82 Å². The molecule has 1 saturated heterocycles. The molecule has 1 aliphatic rings. The third-order valence-electron chi connectivity index (χ3n) is 4.77. The van der Waals surface area contributed by atoms with Crippen molar-refractivity contribution in [3.05, 3.63) is 42.7 Å². The van der Waals surface area contributed by atoms with E-state index in [0.717, 1.165) is 19.4 Å². The molecule has 6 nitrogen and oxygen atoms in total. The number of nitrogens with zero attached hydrogens (tertiary/aromatic N) is 3. The van der Waals surface area contributed by atoms with Crippen molar-refractivity contribution < 1.29 is 13.9 Å². The molecule has 2 atom stereocenters. The Labute approximate surface area is 174 Å². The van der Waals surface area contributed by atoms with Crippen LogP contribution < -0.4 is 5.32 Å². The molecule has 2 aromatic rings. The van der Waals surface area contributed by atoms with Gasteiger partial charge in [-0.2, -0.15) is 0 Å². The Hall–Kier alpha value is -2.19. The third-order valence-corrected chi connectivity index (χ3v) is 6.29. The van der Waals surface area contributed by atoms with Gasteiger partial charge in [-0.15, -0.1) is 16.8 Å². The Morgan fingerprint density at radius 2 is 2.24 bits per heavy atom. The maximum Gasteiger partial charge on any atom is 0.233 e. The predicted molar refractivity (Wildman–Crippen MR) is 112 cm³/mol. The lowest BCUT2D eigenvalue weighted by Crippen LogP contribution is -2.39. The van der Waals surface area contributed by atoms with Gasteiger partial charge in [-0.05, 0) is 30.9 Å². The Bertz CT molecular complexity index is 849. The first kappa shape index (κ1) is 21.5. The molecule has 2 heterocycles. The van der Waals surface area contributed by atoms with Crippen molar-refractivity contribution in [1.29, 1.82) is 0 Å². The Kier molecular flexibility index (Phi) is 7.44. The zero-order valence-corrected chi connectivity index (χ0v) is 17.6. The first-order valence-electron chi connectivity index (χ1n) is 9.86. The minimum atomic E-state index is -0.364. The molecule has 1 aromatic carbocycles. The van der Waals surface area contributed by atoms with Crippen molar-refractivity contribution in [2.75, 3.05) is 13.2 Å². The fourth-order valence-corrected chi connectivity index (χ4v) is 4.30. The summed E-state index contributed by atoms with van der Waals surface area (Å²) >= 11 is 1.34. The van der Waals surface area contributed by atoms with Crippen molar-refractivity contribution in [3.8, 4) is 11.4 Å². The summed E-state index contributed by atoms with van der Waals surface area (Å²) < 4.78 is 21.7. The van der Waals surface area contributed by atoms with E-state index in [-0.39, 0.29) is 29.0 Å². The number of rotatable bonds is 9. The third kappa shape index (κ3) is 5.25. The molecule has 2 unspecified atom stereocenters. The van der Waals surface area contributed by atoms with Gasteiger partial charge in [0.25, 0.3) is 0 Å². The van der Waals surface area contributed by atoms with Gasteiger partial charge in [0.2, 0.25) is 5.91 Å². The maximum absolute atomic E-state index is 14.3. The number of carbonyl (C=O) groups is 1. The van der Waals surface area contributed by atoms with E-state index in [1.54, 1.807) is 28.8 Å². The topological polar surface area (TPSA) is 69.0 Å². The molecule has 0 radical (unpaired) electrons.